The van der Waals surface area contributed by atoms with Crippen LogP contribution < -0.4 is 11.1 Å². The van der Waals surface area contributed by atoms with Crippen LogP contribution in [0.25, 0.3) is 0 Å². The molecule has 94 valence electrons. The van der Waals surface area contributed by atoms with Gasteiger partial charge >= 0.3 is 0 Å². The molecule has 1 amide bonds. The Morgan fingerprint density at radius 2 is 1.88 bits per heavy atom. The normalized spacial score (nSPS) is 12.2. The molecule has 1 unspecified atom stereocenters. The number of nitrogens with one attached hydrogen (secondary N) is 1. The SMILES string of the molecule is CCC(C)CC(=O)NCc1ccc(CN)cc1. The minimum Gasteiger partial charge on any atom is -0.352 e. The monoisotopic (exact) mass is 234 g/mol. The molecular formula is C14H22N2O. The number of carbonyl (C=O) groups excluding carboxylic acids is 1. The van der Waals surface area contributed by atoms with E-state index in [0.29, 0.717) is 25.4 Å². The topological polar surface area (TPSA) is 55.1 Å². The third-order valence-electron chi connectivity index (χ3n) is 2.98. The van der Waals surface area contributed by atoms with Crippen LogP contribution in [0.15, 0.2) is 24.3 Å². The minimum absolute atomic E-state index is 0.127. The van der Waals surface area contributed by atoms with Gasteiger partial charge in [-0.25, -0.2) is 0 Å². The summed E-state index contributed by atoms with van der Waals surface area (Å²) >= 11 is 0. The van der Waals surface area contributed by atoms with Crippen molar-refractivity contribution in [1.29, 1.82) is 0 Å². The van der Waals surface area contributed by atoms with E-state index in [-0.39, 0.29) is 5.91 Å². The number of carbonyl (C=O) groups is 1. The lowest BCUT2D eigenvalue weighted by Crippen LogP contribution is -2.24. The van der Waals surface area contributed by atoms with Crippen LogP contribution in [-0.2, 0) is 17.9 Å². The Morgan fingerprint density at radius 3 is 2.41 bits per heavy atom. The van der Waals surface area contributed by atoms with Crippen LogP contribution in [0.5, 0.6) is 0 Å². The summed E-state index contributed by atoms with van der Waals surface area (Å²) in [6.45, 7) is 5.35. The van der Waals surface area contributed by atoms with Crippen molar-refractivity contribution in [3.63, 3.8) is 0 Å². The van der Waals surface area contributed by atoms with Crippen molar-refractivity contribution in [1.82, 2.24) is 5.32 Å². The second-order valence-electron chi connectivity index (χ2n) is 4.51. The van der Waals surface area contributed by atoms with E-state index in [9.17, 15) is 4.79 Å². The fourth-order valence-corrected chi connectivity index (χ4v) is 1.53. The maximum atomic E-state index is 11.6. The molecule has 3 nitrogen and oxygen atoms in total. The molecule has 1 aromatic rings. The van der Waals surface area contributed by atoms with Crippen LogP contribution in [0.2, 0.25) is 0 Å². The predicted molar refractivity (Wildman–Crippen MR) is 70.3 cm³/mol. The Bertz CT molecular complexity index is 346. The first-order chi connectivity index (χ1) is 8.15. The molecule has 1 aromatic carbocycles. The highest BCUT2D eigenvalue weighted by molar-refractivity contribution is 5.76. The molecule has 1 rings (SSSR count). The van der Waals surface area contributed by atoms with Crippen molar-refractivity contribution in [2.45, 2.75) is 39.8 Å². The van der Waals surface area contributed by atoms with Crippen LogP contribution in [0.3, 0.4) is 0 Å². The smallest absolute Gasteiger partial charge is 0.220 e. The lowest BCUT2D eigenvalue weighted by atomic mass is 10.0. The summed E-state index contributed by atoms with van der Waals surface area (Å²) in [5, 5.41) is 2.93. The van der Waals surface area contributed by atoms with Crippen molar-refractivity contribution >= 4 is 5.91 Å². The molecule has 1 atom stereocenters. The highest BCUT2D eigenvalue weighted by Crippen LogP contribution is 2.07. The van der Waals surface area contributed by atoms with Crippen molar-refractivity contribution in [3.8, 4) is 0 Å². The van der Waals surface area contributed by atoms with E-state index in [1.54, 1.807) is 0 Å². The van der Waals surface area contributed by atoms with Crippen molar-refractivity contribution < 1.29 is 4.79 Å². The van der Waals surface area contributed by atoms with Crippen LogP contribution >= 0.6 is 0 Å². The summed E-state index contributed by atoms with van der Waals surface area (Å²) in [6, 6.07) is 8.00. The Hall–Kier alpha value is -1.35. The molecule has 0 aliphatic carbocycles. The number of amides is 1. The molecule has 3 heteroatoms. The van der Waals surface area contributed by atoms with Crippen molar-refractivity contribution in [2.75, 3.05) is 0 Å². The van der Waals surface area contributed by atoms with Gasteiger partial charge in [0.15, 0.2) is 0 Å². The quantitative estimate of drug-likeness (QED) is 0.792. The van der Waals surface area contributed by atoms with E-state index in [1.807, 2.05) is 24.3 Å². The molecule has 0 heterocycles. The van der Waals surface area contributed by atoms with Gasteiger partial charge in [0.25, 0.3) is 0 Å². The van der Waals surface area contributed by atoms with Gasteiger partial charge in [0.2, 0.25) is 5.91 Å². The van der Waals surface area contributed by atoms with Gasteiger partial charge in [0.05, 0.1) is 0 Å². The second kappa shape index (κ2) is 7.07. The summed E-state index contributed by atoms with van der Waals surface area (Å²) in [7, 11) is 0. The molecule has 17 heavy (non-hydrogen) atoms. The lowest BCUT2D eigenvalue weighted by molar-refractivity contribution is -0.122. The largest absolute Gasteiger partial charge is 0.352 e. The average Bonchev–Trinajstić information content (AvgIpc) is 2.36. The zero-order valence-corrected chi connectivity index (χ0v) is 10.7. The fraction of sp³-hybridized carbons (Fsp3) is 0.500. The van der Waals surface area contributed by atoms with E-state index >= 15 is 0 Å². The maximum absolute atomic E-state index is 11.6. The second-order valence-corrected chi connectivity index (χ2v) is 4.51. The summed E-state index contributed by atoms with van der Waals surface area (Å²) < 4.78 is 0. The van der Waals surface area contributed by atoms with Gasteiger partial charge in [0.1, 0.15) is 0 Å². The van der Waals surface area contributed by atoms with Gasteiger partial charge in [-0.05, 0) is 17.0 Å². The first-order valence-electron chi connectivity index (χ1n) is 6.20. The van der Waals surface area contributed by atoms with Crippen LogP contribution in [-0.4, -0.2) is 5.91 Å². The van der Waals surface area contributed by atoms with E-state index in [4.69, 9.17) is 5.73 Å². The van der Waals surface area contributed by atoms with Gasteiger partial charge in [-0.15, -0.1) is 0 Å². The number of rotatable bonds is 6. The highest BCUT2D eigenvalue weighted by atomic mass is 16.1. The van der Waals surface area contributed by atoms with E-state index in [1.165, 1.54) is 0 Å². The standard InChI is InChI=1S/C14H22N2O/c1-3-11(2)8-14(17)16-10-13-6-4-12(9-15)5-7-13/h4-7,11H,3,8-10,15H2,1-2H3,(H,16,17). The fourth-order valence-electron chi connectivity index (χ4n) is 1.53. The Labute approximate surface area is 103 Å². The molecule has 0 radical (unpaired) electrons. The van der Waals surface area contributed by atoms with Gasteiger partial charge in [-0.3, -0.25) is 4.79 Å². The third kappa shape index (κ3) is 5.00. The summed E-state index contributed by atoms with van der Waals surface area (Å²) in [6.07, 6.45) is 1.65. The third-order valence-corrected chi connectivity index (χ3v) is 2.98. The van der Waals surface area contributed by atoms with E-state index in [0.717, 1.165) is 17.5 Å². The summed E-state index contributed by atoms with van der Waals surface area (Å²) in [5.74, 6) is 0.580. The molecule has 0 saturated carbocycles. The Morgan fingerprint density at radius 1 is 1.29 bits per heavy atom. The molecule has 0 aliphatic heterocycles. The van der Waals surface area contributed by atoms with E-state index in [2.05, 4.69) is 19.2 Å². The Balaban J connectivity index is 2.36. The van der Waals surface area contributed by atoms with Gasteiger partial charge in [-0.1, -0.05) is 44.5 Å². The summed E-state index contributed by atoms with van der Waals surface area (Å²) in [5.41, 5.74) is 7.74. The lowest BCUT2D eigenvalue weighted by Gasteiger charge is -2.09. The van der Waals surface area contributed by atoms with Crippen molar-refractivity contribution in [3.05, 3.63) is 35.4 Å². The zero-order valence-electron chi connectivity index (χ0n) is 10.7. The van der Waals surface area contributed by atoms with Gasteiger partial charge in [0, 0.05) is 19.5 Å². The van der Waals surface area contributed by atoms with Crippen molar-refractivity contribution in [2.24, 2.45) is 11.7 Å². The molecule has 0 bridgehead atoms. The minimum atomic E-state index is 0.127. The highest BCUT2D eigenvalue weighted by Gasteiger charge is 2.06. The molecule has 0 saturated heterocycles. The molecule has 3 N–H and O–H groups in total. The van der Waals surface area contributed by atoms with E-state index < -0.39 is 0 Å². The Kier molecular flexibility index (Phi) is 5.70. The molecule has 0 spiro atoms. The first-order valence-corrected chi connectivity index (χ1v) is 6.20. The first kappa shape index (κ1) is 13.7. The maximum Gasteiger partial charge on any atom is 0.220 e. The molecule has 0 fully saturated rings. The number of nitrogens with two attached hydrogens (primary N) is 1. The number of hydrogen-bond acceptors (Lipinski definition) is 2. The molecule has 0 aliphatic rings. The van der Waals surface area contributed by atoms with Crippen LogP contribution in [0.1, 0.15) is 37.8 Å². The molecule has 0 aromatic heterocycles. The zero-order chi connectivity index (χ0) is 12.7. The molecular weight excluding hydrogens is 212 g/mol. The van der Waals surface area contributed by atoms with Gasteiger partial charge in [-0.2, -0.15) is 0 Å². The van der Waals surface area contributed by atoms with Crippen LogP contribution in [0, 0.1) is 5.92 Å². The summed E-state index contributed by atoms with van der Waals surface area (Å²) in [4.78, 5) is 11.6. The van der Waals surface area contributed by atoms with Crippen LogP contribution in [0.4, 0.5) is 0 Å². The number of hydrogen-bond donors (Lipinski definition) is 2. The van der Waals surface area contributed by atoms with Gasteiger partial charge < -0.3 is 11.1 Å². The average molecular weight is 234 g/mol. The number of benzene rings is 1. The predicted octanol–water partition coefficient (Wildman–Crippen LogP) is 2.20.